The number of rotatable bonds is 6. The molecule has 0 unspecified atom stereocenters. The van der Waals surface area contributed by atoms with Gasteiger partial charge < -0.3 is 5.11 Å². The van der Waals surface area contributed by atoms with Crippen molar-refractivity contribution in [3.05, 3.63) is 35.6 Å². The summed E-state index contributed by atoms with van der Waals surface area (Å²) in [5.74, 6) is -0.239. The average molecular weight is 316 g/mol. The Hall–Kier alpha value is -1.02. The monoisotopic (exact) mass is 316 g/mol. The lowest BCUT2D eigenvalue weighted by atomic mass is 10.0. The van der Waals surface area contributed by atoms with E-state index < -0.39 is 16.1 Å². The number of aliphatic hydroxyl groups is 1. The van der Waals surface area contributed by atoms with Crippen LogP contribution in [0.2, 0.25) is 0 Å². The van der Waals surface area contributed by atoms with Crippen molar-refractivity contribution in [1.29, 1.82) is 0 Å². The van der Waals surface area contributed by atoms with Gasteiger partial charge in [-0.2, -0.15) is 0 Å². The van der Waals surface area contributed by atoms with Crippen molar-refractivity contribution in [2.24, 2.45) is 0 Å². The third-order valence-corrected chi connectivity index (χ3v) is 5.14. The molecule has 2 atom stereocenters. The summed E-state index contributed by atoms with van der Waals surface area (Å²) >= 11 is 0. The van der Waals surface area contributed by atoms with E-state index in [1.54, 1.807) is 19.1 Å². The fourth-order valence-corrected chi connectivity index (χ4v) is 3.21. The first-order valence-electron chi connectivity index (χ1n) is 7.06. The van der Waals surface area contributed by atoms with E-state index in [9.17, 15) is 17.9 Å². The lowest BCUT2D eigenvalue weighted by molar-refractivity contribution is 0.176. The van der Waals surface area contributed by atoms with Gasteiger partial charge in [0.25, 0.3) is 0 Å². The summed E-state index contributed by atoms with van der Waals surface area (Å²) in [6, 6.07) is 6.21. The van der Waals surface area contributed by atoms with Crippen LogP contribution >= 0.6 is 0 Å². The average Bonchev–Trinajstić information content (AvgIpc) is 2.80. The predicted octanol–water partition coefficient (Wildman–Crippen LogP) is 0.873. The van der Waals surface area contributed by atoms with E-state index in [2.05, 4.69) is 4.72 Å². The van der Waals surface area contributed by atoms with E-state index in [0.29, 0.717) is 26.1 Å². The highest BCUT2D eigenvalue weighted by Crippen LogP contribution is 2.31. The molecule has 1 aliphatic rings. The molecule has 2 rings (SSSR count). The summed E-state index contributed by atoms with van der Waals surface area (Å²) in [6.45, 7) is 2.90. The number of nitrogens with zero attached hydrogens (tertiary/aromatic N) is 1. The van der Waals surface area contributed by atoms with Gasteiger partial charge in [0.2, 0.25) is 10.0 Å². The van der Waals surface area contributed by atoms with E-state index in [1.165, 1.54) is 12.1 Å². The zero-order valence-corrected chi connectivity index (χ0v) is 12.8. The van der Waals surface area contributed by atoms with Crippen LogP contribution in [-0.2, 0) is 10.0 Å². The molecule has 2 N–H and O–H groups in total. The quantitative estimate of drug-likeness (QED) is 0.817. The zero-order chi connectivity index (χ0) is 15.5. The van der Waals surface area contributed by atoms with Gasteiger partial charge in [0, 0.05) is 25.7 Å². The largest absolute Gasteiger partial charge is 0.392 e. The van der Waals surface area contributed by atoms with E-state index in [1.807, 2.05) is 4.90 Å². The van der Waals surface area contributed by atoms with Gasteiger partial charge in [0.15, 0.2) is 0 Å². The molecular formula is C14H21FN2O3S. The normalized spacial score (nSPS) is 23.6. The van der Waals surface area contributed by atoms with Crippen LogP contribution in [0.4, 0.5) is 4.39 Å². The van der Waals surface area contributed by atoms with Gasteiger partial charge in [0.05, 0.1) is 11.9 Å². The van der Waals surface area contributed by atoms with E-state index in [-0.39, 0.29) is 17.6 Å². The number of nitrogens with one attached hydrogen (secondary N) is 1. The Balaban J connectivity index is 1.98. The van der Waals surface area contributed by atoms with Crippen molar-refractivity contribution in [2.75, 3.05) is 25.4 Å². The Morgan fingerprint density at radius 3 is 2.67 bits per heavy atom. The highest BCUT2D eigenvalue weighted by molar-refractivity contribution is 7.89. The minimum atomic E-state index is -3.20. The second kappa shape index (κ2) is 6.83. The third kappa shape index (κ3) is 4.47. The molecule has 7 heteroatoms. The minimum absolute atomic E-state index is 0.00766. The smallest absolute Gasteiger partial charge is 0.211 e. The number of β-amino-alcohol motifs (C(OH)–C–C–N with tert-alkyl or cyclic N) is 1. The molecule has 1 heterocycles. The SMILES string of the molecule is CCS(=O)(=O)NCCN1C[C@@H](O)C[C@@H]1c1ccc(F)cc1. The molecule has 1 aromatic carbocycles. The Morgan fingerprint density at radius 2 is 2.05 bits per heavy atom. The van der Waals surface area contributed by atoms with Gasteiger partial charge in [-0.3, -0.25) is 4.90 Å². The molecule has 1 fully saturated rings. The standard InChI is InChI=1S/C14H21FN2O3S/c1-2-21(19,20)16-7-8-17-10-13(18)9-14(17)11-3-5-12(15)6-4-11/h3-6,13-14,16,18H,2,7-10H2,1H3/t13-,14+/m0/s1. The molecule has 0 aromatic heterocycles. The maximum absolute atomic E-state index is 13.0. The van der Waals surface area contributed by atoms with Gasteiger partial charge in [-0.1, -0.05) is 12.1 Å². The fraction of sp³-hybridized carbons (Fsp3) is 0.571. The van der Waals surface area contributed by atoms with Crippen molar-refractivity contribution >= 4 is 10.0 Å². The van der Waals surface area contributed by atoms with Gasteiger partial charge in [-0.15, -0.1) is 0 Å². The number of likely N-dealkylation sites (tertiary alicyclic amines) is 1. The topological polar surface area (TPSA) is 69.6 Å². The predicted molar refractivity (Wildman–Crippen MR) is 78.8 cm³/mol. The summed E-state index contributed by atoms with van der Waals surface area (Å²) in [5, 5.41) is 9.84. The van der Waals surface area contributed by atoms with Crippen LogP contribution in [0, 0.1) is 5.82 Å². The molecule has 0 amide bonds. The Kier molecular flexibility index (Phi) is 5.32. The maximum Gasteiger partial charge on any atom is 0.211 e. The van der Waals surface area contributed by atoms with E-state index >= 15 is 0 Å². The summed E-state index contributed by atoms with van der Waals surface area (Å²) in [5.41, 5.74) is 0.936. The third-order valence-electron chi connectivity index (χ3n) is 3.74. The van der Waals surface area contributed by atoms with Crippen molar-refractivity contribution in [3.63, 3.8) is 0 Å². The Labute approximate surface area is 124 Å². The highest BCUT2D eigenvalue weighted by atomic mass is 32.2. The van der Waals surface area contributed by atoms with Crippen LogP contribution in [-0.4, -0.2) is 49.9 Å². The van der Waals surface area contributed by atoms with Crippen LogP contribution in [0.25, 0.3) is 0 Å². The summed E-state index contributed by atoms with van der Waals surface area (Å²) in [4.78, 5) is 2.02. The summed E-state index contributed by atoms with van der Waals surface area (Å²) in [7, 11) is -3.20. The van der Waals surface area contributed by atoms with Gasteiger partial charge in [-0.25, -0.2) is 17.5 Å². The first-order valence-corrected chi connectivity index (χ1v) is 8.71. The second-order valence-electron chi connectivity index (χ2n) is 5.25. The maximum atomic E-state index is 13.0. The number of halogens is 1. The molecule has 0 aliphatic carbocycles. The van der Waals surface area contributed by atoms with Crippen molar-refractivity contribution in [1.82, 2.24) is 9.62 Å². The van der Waals surface area contributed by atoms with Crippen molar-refractivity contribution in [2.45, 2.75) is 25.5 Å². The molecule has 1 aromatic rings. The lowest BCUT2D eigenvalue weighted by Crippen LogP contribution is -2.36. The molecule has 0 radical (unpaired) electrons. The molecule has 21 heavy (non-hydrogen) atoms. The molecule has 5 nitrogen and oxygen atoms in total. The molecule has 0 saturated carbocycles. The van der Waals surface area contributed by atoms with Gasteiger partial charge in [-0.05, 0) is 31.0 Å². The number of benzene rings is 1. The summed E-state index contributed by atoms with van der Waals surface area (Å²) < 4.78 is 38.3. The first-order chi connectivity index (χ1) is 9.91. The molecule has 118 valence electrons. The molecule has 1 aliphatic heterocycles. The number of hydrogen-bond donors (Lipinski definition) is 2. The number of sulfonamides is 1. The number of hydrogen-bond acceptors (Lipinski definition) is 4. The van der Waals surface area contributed by atoms with Crippen molar-refractivity contribution in [3.8, 4) is 0 Å². The van der Waals surface area contributed by atoms with Crippen LogP contribution in [0.1, 0.15) is 24.9 Å². The highest BCUT2D eigenvalue weighted by Gasteiger charge is 2.31. The van der Waals surface area contributed by atoms with Crippen LogP contribution in [0.3, 0.4) is 0 Å². The van der Waals surface area contributed by atoms with Gasteiger partial charge in [0.1, 0.15) is 5.82 Å². The first kappa shape index (κ1) is 16.4. The fourth-order valence-electron chi connectivity index (χ4n) is 2.61. The minimum Gasteiger partial charge on any atom is -0.392 e. The molecule has 0 spiro atoms. The Bertz CT molecular complexity index is 562. The van der Waals surface area contributed by atoms with Crippen LogP contribution in [0.15, 0.2) is 24.3 Å². The van der Waals surface area contributed by atoms with Crippen molar-refractivity contribution < 1.29 is 17.9 Å². The Morgan fingerprint density at radius 1 is 1.38 bits per heavy atom. The van der Waals surface area contributed by atoms with E-state index in [4.69, 9.17) is 0 Å². The van der Waals surface area contributed by atoms with Crippen LogP contribution < -0.4 is 4.72 Å². The molecular weight excluding hydrogens is 295 g/mol. The lowest BCUT2D eigenvalue weighted by Gasteiger charge is -2.24. The summed E-state index contributed by atoms with van der Waals surface area (Å²) in [6.07, 6.45) is 0.134. The van der Waals surface area contributed by atoms with Crippen LogP contribution in [0.5, 0.6) is 0 Å². The number of aliphatic hydroxyl groups excluding tert-OH is 1. The zero-order valence-electron chi connectivity index (χ0n) is 12.0. The second-order valence-corrected chi connectivity index (χ2v) is 7.35. The van der Waals surface area contributed by atoms with Gasteiger partial charge >= 0.3 is 0 Å². The molecule has 1 saturated heterocycles. The molecule has 0 bridgehead atoms. The van der Waals surface area contributed by atoms with E-state index in [0.717, 1.165) is 5.56 Å².